The van der Waals surface area contributed by atoms with Crippen molar-refractivity contribution in [1.82, 2.24) is 10.2 Å². The summed E-state index contributed by atoms with van der Waals surface area (Å²) in [6.45, 7) is 0.770. The summed E-state index contributed by atoms with van der Waals surface area (Å²) in [5.74, 6) is 0.913. The van der Waals surface area contributed by atoms with Crippen molar-refractivity contribution in [2.75, 3.05) is 13.7 Å². The molecular formula is C24H24N2O4. The lowest BCUT2D eigenvalue weighted by molar-refractivity contribution is -0.129. The van der Waals surface area contributed by atoms with E-state index in [1.165, 1.54) is 0 Å². The molecule has 0 spiro atoms. The zero-order valence-corrected chi connectivity index (χ0v) is 16.8. The highest BCUT2D eigenvalue weighted by Crippen LogP contribution is 2.26. The van der Waals surface area contributed by atoms with E-state index in [1.807, 2.05) is 60.7 Å². The van der Waals surface area contributed by atoms with E-state index in [4.69, 9.17) is 9.15 Å². The molecule has 6 heteroatoms. The fourth-order valence-electron chi connectivity index (χ4n) is 3.75. The van der Waals surface area contributed by atoms with Crippen LogP contribution in [0, 0.1) is 5.92 Å². The number of carbonyl (C=O) groups is 2. The number of hydrogen-bond acceptors (Lipinski definition) is 4. The predicted molar refractivity (Wildman–Crippen MR) is 112 cm³/mol. The summed E-state index contributed by atoms with van der Waals surface area (Å²) >= 11 is 0. The molecule has 1 aliphatic rings. The Hall–Kier alpha value is -3.54. The summed E-state index contributed by atoms with van der Waals surface area (Å²) in [4.78, 5) is 27.2. The summed E-state index contributed by atoms with van der Waals surface area (Å²) in [5, 5.41) is 3.15. The number of rotatable bonds is 7. The molecule has 2 amide bonds. The van der Waals surface area contributed by atoms with E-state index in [9.17, 15) is 9.59 Å². The molecule has 3 aromatic rings. The van der Waals surface area contributed by atoms with Gasteiger partial charge in [0.25, 0.3) is 0 Å². The molecule has 1 saturated heterocycles. The van der Waals surface area contributed by atoms with Crippen LogP contribution in [-0.4, -0.2) is 30.4 Å². The minimum Gasteiger partial charge on any atom is -0.497 e. The van der Waals surface area contributed by atoms with Gasteiger partial charge in [0.15, 0.2) is 0 Å². The lowest BCUT2D eigenvalue weighted by Gasteiger charge is -2.22. The molecule has 2 atom stereocenters. The molecule has 0 saturated carbocycles. The van der Waals surface area contributed by atoms with Gasteiger partial charge >= 0.3 is 0 Å². The normalized spacial score (nSPS) is 17.0. The molecule has 1 fully saturated rings. The van der Waals surface area contributed by atoms with Gasteiger partial charge in [0.2, 0.25) is 11.8 Å². The Labute approximate surface area is 175 Å². The number of nitrogens with zero attached hydrogens (tertiary/aromatic N) is 1. The largest absolute Gasteiger partial charge is 0.497 e. The average molecular weight is 404 g/mol. The van der Waals surface area contributed by atoms with Crippen molar-refractivity contribution in [2.45, 2.75) is 19.0 Å². The Morgan fingerprint density at radius 2 is 1.83 bits per heavy atom. The number of likely N-dealkylation sites (tertiary alicyclic amines) is 1. The van der Waals surface area contributed by atoms with Crippen LogP contribution in [0.3, 0.4) is 0 Å². The zero-order valence-electron chi connectivity index (χ0n) is 16.8. The second kappa shape index (κ2) is 8.86. The molecule has 0 unspecified atom stereocenters. The molecule has 30 heavy (non-hydrogen) atoms. The van der Waals surface area contributed by atoms with Crippen LogP contribution >= 0.6 is 0 Å². The summed E-state index contributed by atoms with van der Waals surface area (Å²) in [7, 11) is 1.62. The second-order valence-corrected chi connectivity index (χ2v) is 7.38. The van der Waals surface area contributed by atoms with Crippen molar-refractivity contribution >= 4 is 11.8 Å². The Bertz CT molecular complexity index is 984. The Kier molecular flexibility index (Phi) is 5.84. The number of methoxy groups -OCH3 is 1. The molecule has 1 aromatic heterocycles. The Balaban J connectivity index is 1.49. The van der Waals surface area contributed by atoms with Crippen molar-refractivity contribution in [3.63, 3.8) is 0 Å². The third kappa shape index (κ3) is 4.38. The summed E-state index contributed by atoms with van der Waals surface area (Å²) in [6, 6.07) is 20.8. The first-order valence-corrected chi connectivity index (χ1v) is 9.93. The molecule has 0 radical (unpaired) electrons. The van der Waals surface area contributed by atoms with E-state index in [1.54, 1.807) is 24.3 Å². The Morgan fingerprint density at radius 3 is 2.50 bits per heavy atom. The lowest BCUT2D eigenvalue weighted by Crippen LogP contribution is -2.36. The molecule has 1 N–H and O–H groups in total. The summed E-state index contributed by atoms with van der Waals surface area (Å²) in [5.41, 5.74) is 1.93. The van der Waals surface area contributed by atoms with Gasteiger partial charge in [-0.2, -0.15) is 0 Å². The van der Waals surface area contributed by atoms with Gasteiger partial charge in [-0.25, -0.2) is 0 Å². The van der Waals surface area contributed by atoms with Crippen molar-refractivity contribution in [1.29, 1.82) is 0 Å². The number of carbonyl (C=O) groups excluding carboxylic acids is 2. The second-order valence-electron chi connectivity index (χ2n) is 7.38. The van der Waals surface area contributed by atoms with E-state index in [0.717, 1.165) is 16.9 Å². The van der Waals surface area contributed by atoms with Crippen LogP contribution in [0.5, 0.6) is 5.75 Å². The molecule has 1 aliphatic heterocycles. The highest BCUT2D eigenvalue weighted by Gasteiger charge is 2.35. The fourth-order valence-corrected chi connectivity index (χ4v) is 3.75. The van der Waals surface area contributed by atoms with E-state index in [0.29, 0.717) is 18.8 Å². The van der Waals surface area contributed by atoms with Crippen molar-refractivity contribution in [3.8, 4) is 5.75 Å². The maximum absolute atomic E-state index is 13.1. The van der Waals surface area contributed by atoms with Crippen molar-refractivity contribution in [3.05, 3.63) is 89.9 Å². The van der Waals surface area contributed by atoms with Crippen molar-refractivity contribution < 1.29 is 18.7 Å². The van der Waals surface area contributed by atoms with E-state index in [-0.39, 0.29) is 24.3 Å². The van der Waals surface area contributed by atoms with E-state index in [2.05, 4.69) is 5.32 Å². The molecule has 2 aromatic carbocycles. The van der Waals surface area contributed by atoms with Gasteiger partial charge in [0.1, 0.15) is 11.5 Å². The fraction of sp³-hybridized carbons (Fsp3) is 0.250. The number of nitrogens with one attached hydrogen (secondary N) is 1. The van der Waals surface area contributed by atoms with Crippen molar-refractivity contribution in [2.24, 2.45) is 5.92 Å². The van der Waals surface area contributed by atoms with E-state index >= 15 is 0 Å². The number of ether oxygens (including phenoxy) is 1. The minimum absolute atomic E-state index is 0.0349. The standard InChI is InChI=1S/C24H24N2O4/c1-29-20-11-9-18(10-12-20)23(17-6-3-2-4-7-17)25-24(28)19-14-22(27)26(15-19)16-21-8-5-13-30-21/h2-13,19,23H,14-16H2,1H3,(H,25,28)/t19-,23+/m1/s1. The van der Waals surface area contributed by atoms with Crippen LogP contribution in [-0.2, 0) is 16.1 Å². The minimum atomic E-state index is -0.392. The van der Waals surface area contributed by atoms with Gasteiger partial charge in [0.05, 0.1) is 31.9 Å². The first-order chi connectivity index (χ1) is 14.6. The lowest BCUT2D eigenvalue weighted by atomic mass is 9.97. The van der Waals surface area contributed by atoms with Crippen LogP contribution < -0.4 is 10.1 Å². The molecular weight excluding hydrogens is 380 g/mol. The van der Waals surface area contributed by atoms with Crippen LogP contribution in [0.15, 0.2) is 77.4 Å². The van der Waals surface area contributed by atoms with Gasteiger partial charge < -0.3 is 19.4 Å². The first-order valence-electron chi connectivity index (χ1n) is 9.93. The van der Waals surface area contributed by atoms with Crippen LogP contribution in [0.1, 0.15) is 29.3 Å². The number of benzene rings is 2. The van der Waals surface area contributed by atoms with E-state index < -0.39 is 5.92 Å². The Morgan fingerprint density at radius 1 is 1.10 bits per heavy atom. The smallest absolute Gasteiger partial charge is 0.226 e. The monoisotopic (exact) mass is 404 g/mol. The average Bonchev–Trinajstić information content (AvgIpc) is 3.43. The third-order valence-electron chi connectivity index (χ3n) is 5.38. The van der Waals surface area contributed by atoms with Gasteiger partial charge in [-0.15, -0.1) is 0 Å². The maximum atomic E-state index is 13.1. The van der Waals surface area contributed by atoms with Gasteiger partial charge in [-0.3, -0.25) is 9.59 Å². The van der Waals surface area contributed by atoms with Gasteiger partial charge in [0, 0.05) is 13.0 Å². The SMILES string of the molecule is COc1ccc([C@@H](NC(=O)[C@@H]2CC(=O)N(Cc3ccco3)C2)c2ccccc2)cc1. The van der Waals surface area contributed by atoms with Crippen LogP contribution in [0.25, 0.3) is 0 Å². The number of furan rings is 1. The topological polar surface area (TPSA) is 71.8 Å². The van der Waals surface area contributed by atoms with Crippen LogP contribution in [0.2, 0.25) is 0 Å². The zero-order chi connectivity index (χ0) is 20.9. The van der Waals surface area contributed by atoms with Gasteiger partial charge in [-0.05, 0) is 35.4 Å². The quantitative estimate of drug-likeness (QED) is 0.654. The molecule has 154 valence electrons. The third-order valence-corrected chi connectivity index (χ3v) is 5.38. The summed E-state index contributed by atoms with van der Waals surface area (Å²) < 4.78 is 10.6. The predicted octanol–water partition coefficient (Wildman–Crippen LogP) is 3.54. The molecule has 4 rings (SSSR count). The molecule has 2 heterocycles. The number of amides is 2. The molecule has 0 bridgehead atoms. The molecule has 0 aliphatic carbocycles. The van der Waals surface area contributed by atoms with Gasteiger partial charge in [-0.1, -0.05) is 42.5 Å². The number of hydrogen-bond donors (Lipinski definition) is 1. The van der Waals surface area contributed by atoms with Crippen LogP contribution in [0.4, 0.5) is 0 Å². The highest BCUT2D eigenvalue weighted by molar-refractivity contribution is 5.89. The maximum Gasteiger partial charge on any atom is 0.226 e. The first kappa shape index (κ1) is 19.8. The molecule has 6 nitrogen and oxygen atoms in total. The summed E-state index contributed by atoms with van der Waals surface area (Å²) in [6.07, 6.45) is 1.79. The highest BCUT2D eigenvalue weighted by atomic mass is 16.5.